The largest absolute Gasteiger partial charge is 0.334 e. The van der Waals surface area contributed by atoms with Crippen molar-refractivity contribution in [2.75, 3.05) is 6.54 Å². The Kier molecular flexibility index (Phi) is 4.60. The van der Waals surface area contributed by atoms with Crippen LogP contribution in [0.15, 0.2) is 24.3 Å². The van der Waals surface area contributed by atoms with Gasteiger partial charge in [-0.3, -0.25) is 19.3 Å². The van der Waals surface area contributed by atoms with Crippen LogP contribution in [0.5, 0.6) is 0 Å². The molecule has 1 aromatic rings. The third-order valence-corrected chi connectivity index (χ3v) is 3.97. The molecule has 0 aromatic heterocycles. The van der Waals surface area contributed by atoms with Crippen LogP contribution in [0.2, 0.25) is 0 Å². The molecule has 2 rings (SSSR count). The monoisotopic (exact) mass is 330 g/mol. The number of carbonyl (C=O) groups excluding carboxylic acids is 4. The number of imide groups is 2. The van der Waals surface area contributed by atoms with Gasteiger partial charge in [-0.1, -0.05) is 45.0 Å². The lowest BCUT2D eigenvalue weighted by molar-refractivity contribution is -0.143. The highest BCUT2D eigenvalue weighted by atomic mass is 16.2. The van der Waals surface area contributed by atoms with Gasteiger partial charge < -0.3 is 0 Å². The zero-order valence-corrected chi connectivity index (χ0v) is 14.6. The first kappa shape index (κ1) is 17.8. The van der Waals surface area contributed by atoms with Crippen LogP contribution in [0.1, 0.15) is 50.5 Å². The summed E-state index contributed by atoms with van der Waals surface area (Å²) in [5.74, 6) is -2.21. The second kappa shape index (κ2) is 6.19. The van der Waals surface area contributed by atoms with Crippen LogP contribution in [-0.2, 0) is 15.0 Å². The molecule has 1 heterocycles. The lowest BCUT2D eigenvalue weighted by Crippen LogP contribution is -2.39. The van der Waals surface area contributed by atoms with Crippen molar-refractivity contribution in [1.29, 1.82) is 0 Å². The molecular weight excluding hydrogens is 308 g/mol. The summed E-state index contributed by atoms with van der Waals surface area (Å²) in [4.78, 5) is 49.9. The number of urea groups is 1. The van der Waals surface area contributed by atoms with E-state index in [9.17, 15) is 19.2 Å². The summed E-state index contributed by atoms with van der Waals surface area (Å²) < 4.78 is 0. The van der Waals surface area contributed by atoms with Crippen molar-refractivity contribution in [3.8, 4) is 0 Å². The molecule has 0 aliphatic carbocycles. The summed E-state index contributed by atoms with van der Waals surface area (Å²) in [5.41, 5.74) is 1.44. The van der Waals surface area contributed by atoms with E-state index in [1.165, 1.54) is 0 Å². The highest BCUT2D eigenvalue weighted by molar-refractivity contribution is 6.45. The predicted octanol–water partition coefficient (Wildman–Crippen LogP) is 2.37. The van der Waals surface area contributed by atoms with E-state index in [-0.39, 0.29) is 11.2 Å². The molecule has 4 amide bonds. The smallest absolute Gasteiger partial charge is 0.292 e. The Hall–Kier alpha value is -2.50. The van der Waals surface area contributed by atoms with Crippen molar-refractivity contribution in [1.82, 2.24) is 9.80 Å². The maximum absolute atomic E-state index is 12.4. The molecule has 1 aromatic carbocycles. The molecule has 1 aliphatic heterocycles. The van der Waals surface area contributed by atoms with Gasteiger partial charge in [-0.2, -0.15) is 0 Å². The van der Waals surface area contributed by atoms with Gasteiger partial charge >= 0.3 is 17.8 Å². The van der Waals surface area contributed by atoms with E-state index in [0.717, 1.165) is 10.5 Å². The number of hydrogen-bond donors (Lipinski definition) is 0. The summed E-state index contributed by atoms with van der Waals surface area (Å²) in [7, 11) is 0. The molecular formula is C18H22N2O4. The third kappa shape index (κ3) is 3.22. The van der Waals surface area contributed by atoms with Crippen LogP contribution in [-0.4, -0.2) is 46.0 Å². The van der Waals surface area contributed by atoms with Crippen molar-refractivity contribution < 1.29 is 19.2 Å². The summed E-state index contributed by atoms with van der Waals surface area (Å²) in [6.45, 7) is 9.05. The van der Waals surface area contributed by atoms with E-state index >= 15 is 0 Å². The molecule has 0 radical (unpaired) electrons. The SMILES string of the molecule is CC(C)N1C(=O)C(=O)N(CC(=O)c2ccc(C(C)(C)C)cc2)C1=O. The van der Waals surface area contributed by atoms with Gasteiger partial charge in [0.2, 0.25) is 0 Å². The molecule has 0 unspecified atom stereocenters. The van der Waals surface area contributed by atoms with Gasteiger partial charge in [0.15, 0.2) is 5.78 Å². The van der Waals surface area contributed by atoms with Crippen LogP contribution >= 0.6 is 0 Å². The fourth-order valence-corrected chi connectivity index (χ4v) is 2.51. The standard InChI is InChI=1S/C18H22N2O4/c1-11(2)20-16(23)15(22)19(17(20)24)10-14(21)12-6-8-13(9-7-12)18(3,4)5/h6-9,11H,10H2,1-5H3. The third-order valence-electron chi connectivity index (χ3n) is 3.97. The van der Waals surface area contributed by atoms with E-state index in [0.29, 0.717) is 10.5 Å². The molecule has 6 heteroatoms. The number of carbonyl (C=O) groups is 4. The van der Waals surface area contributed by atoms with Gasteiger partial charge in [0.1, 0.15) is 0 Å². The maximum Gasteiger partial charge on any atom is 0.334 e. The van der Waals surface area contributed by atoms with Gasteiger partial charge in [0.05, 0.1) is 6.54 Å². The van der Waals surface area contributed by atoms with Crippen LogP contribution in [0, 0.1) is 0 Å². The normalized spacial score (nSPS) is 15.7. The minimum Gasteiger partial charge on any atom is -0.292 e. The zero-order valence-electron chi connectivity index (χ0n) is 14.6. The first-order chi connectivity index (χ1) is 11.0. The number of hydrogen-bond acceptors (Lipinski definition) is 4. The molecule has 0 spiro atoms. The Balaban J connectivity index is 2.16. The summed E-state index contributed by atoms with van der Waals surface area (Å²) in [6, 6.07) is 5.89. The number of ketones is 1. The zero-order chi connectivity index (χ0) is 18.2. The molecule has 24 heavy (non-hydrogen) atoms. The molecule has 1 fully saturated rings. The van der Waals surface area contributed by atoms with Crippen LogP contribution in [0.3, 0.4) is 0 Å². The first-order valence-corrected chi connectivity index (χ1v) is 7.86. The summed E-state index contributed by atoms with van der Waals surface area (Å²) in [6.07, 6.45) is 0. The van der Waals surface area contributed by atoms with Crippen LogP contribution in [0.4, 0.5) is 4.79 Å². The Labute approximate surface area is 141 Å². The fraction of sp³-hybridized carbons (Fsp3) is 0.444. The van der Waals surface area contributed by atoms with Gasteiger partial charge in [-0.15, -0.1) is 0 Å². The fourth-order valence-electron chi connectivity index (χ4n) is 2.51. The molecule has 1 saturated heterocycles. The molecule has 0 N–H and O–H groups in total. The summed E-state index contributed by atoms with van der Waals surface area (Å²) >= 11 is 0. The quantitative estimate of drug-likeness (QED) is 0.482. The summed E-state index contributed by atoms with van der Waals surface area (Å²) in [5, 5.41) is 0. The number of nitrogens with zero attached hydrogens (tertiary/aromatic N) is 2. The Bertz CT molecular complexity index is 699. The number of rotatable bonds is 4. The van der Waals surface area contributed by atoms with Gasteiger partial charge in [0, 0.05) is 11.6 Å². The van der Waals surface area contributed by atoms with Gasteiger partial charge in [-0.05, 0) is 24.8 Å². The number of Topliss-reactive ketones (excluding diaryl/α,β-unsaturated/α-hetero) is 1. The number of amides is 4. The van der Waals surface area contributed by atoms with Crippen molar-refractivity contribution in [3.05, 3.63) is 35.4 Å². The van der Waals surface area contributed by atoms with E-state index in [1.807, 2.05) is 12.1 Å². The molecule has 128 valence electrons. The lowest BCUT2D eigenvalue weighted by atomic mass is 9.86. The second-order valence-electron chi connectivity index (χ2n) is 7.19. The van der Waals surface area contributed by atoms with Crippen LogP contribution in [0.25, 0.3) is 0 Å². The average Bonchev–Trinajstić information content (AvgIpc) is 2.70. The maximum atomic E-state index is 12.4. The molecule has 6 nitrogen and oxygen atoms in total. The first-order valence-electron chi connectivity index (χ1n) is 7.86. The van der Waals surface area contributed by atoms with E-state index in [4.69, 9.17) is 0 Å². The van der Waals surface area contributed by atoms with E-state index < -0.39 is 30.4 Å². The minimum absolute atomic E-state index is 0.0351. The van der Waals surface area contributed by atoms with Crippen molar-refractivity contribution in [2.24, 2.45) is 0 Å². The van der Waals surface area contributed by atoms with E-state index in [2.05, 4.69) is 20.8 Å². The van der Waals surface area contributed by atoms with Crippen molar-refractivity contribution in [3.63, 3.8) is 0 Å². The Morgan fingerprint density at radius 3 is 1.96 bits per heavy atom. The molecule has 0 atom stereocenters. The second-order valence-corrected chi connectivity index (χ2v) is 7.19. The van der Waals surface area contributed by atoms with Crippen molar-refractivity contribution in [2.45, 2.75) is 46.1 Å². The highest BCUT2D eigenvalue weighted by Crippen LogP contribution is 2.22. The average molecular weight is 330 g/mol. The highest BCUT2D eigenvalue weighted by Gasteiger charge is 2.46. The van der Waals surface area contributed by atoms with E-state index in [1.54, 1.807) is 26.0 Å². The molecule has 0 saturated carbocycles. The lowest BCUT2D eigenvalue weighted by Gasteiger charge is -2.19. The Morgan fingerprint density at radius 2 is 1.54 bits per heavy atom. The van der Waals surface area contributed by atoms with Crippen LogP contribution < -0.4 is 0 Å². The Morgan fingerprint density at radius 1 is 1.00 bits per heavy atom. The predicted molar refractivity (Wildman–Crippen MR) is 88.6 cm³/mol. The molecule has 0 bridgehead atoms. The molecule has 1 aliphatic rings. The minimum atomic E-state index is -0.951. The van der Waals surface area contributed by atoms with Crippen molar-refractivity contribution >= 4 is 23.6 Å². The topological polar surface area (TPSA) is 74.8 Å². The van der Waals surface area contributed by atoms with Gasteiger partial charge in [0.25, 0.3) is 0 Å². The van der Waals surface area contributed by atoms with Gasteiger partial charge in [-0.25, -0.2) is 9.69 Å². The number of benzene rings is 1.